The summed E-state index contributed by atoms with van der Waals surface area (Å²) in [6.45, 7) is 11.4. The molecule has 6 heteroatoms. The van der Waals surface area contributed by atoms with Gasteiger partial charge in [-0.05, 0) is 48.6 Å². The molecule has 0 aliphatic rings. The molecule has 3 aromatic heterocycles. The molecule has 0 bridgehead atoms. The third-order valence-corrected chi connectivity index (χ3v) is 6.99. The van der Waals surface area contributed by atoms with Gasteiger partial charge in [0.2, 0.25) is 0 Å². The summed E-state index contributed by atoms with van der Waals surface area (Å²) in [5.74, 6) is 1.73. The van der Waals surface area contributed by atoms with Crippen molar-refractivity contribution in [2.24, 2.45) is 0 Å². The summed E-state index contributed by atoms with van der Waals surface area (Å²) in [5, 5.41) is 2.15. The number of aromatic nitrogens is 3. The predicted octanol–water partition coefficient (Wildman–Crippen LogP) is 6.32. The van der Waals surface area contributed by atoms with Crippen LogP contribution >= 0.6 is 23.1 Å². The largest absolute Gasteiger partial charge is 0.493 e. The van der Waals surface area contributed by atoms with Crippen LogP contribution in [0.3, 0.4) is 0 Å². The highest BCUT2D eigenvalue weighted by Crippen LogP contribution is 2.37. The number of thiophene rings is 1. The summed E-state index contributed by atoms with van der Waals surface area (Å²) in [5.41, 5.74) is 4.73. The van der Waals surface area contributed by atoms with Crippen molar-refractivity contribution in [1.29, 1.82) is 0 Å². The Bertz CT molecular complexity index is 1160. The van der Waals surface area contributed by atoms with Gasteiger partial charge in [-0.25, -0.2) is 15.0 Å². The first-order valence-corrected chi connectivity index (χ1v) is 11.5. The molecule has 4 aromatic rings. The second-order valence-electron chi connectivity index (χ2n) is 8.19. The first-order valence-electron chi connectivity index (χ1n) is 9.70. The van der Waals surface area contributed by atoms with Gasteiger partial charge >= 0.3 is 0 Å². The molecule has 0 radical (unpaired) electrons. The maximum absolute atomic E-state index is 5.93. The molecule has 3 heterocycles. The minimum absolute atomic E-state index is 0.156. The summed E-state index contributed by atoms with van der Waals surface area (Å²) < 4.78 is 7.04. The number of rotatable bonds is 5. The first-order chi connectivity index (χ1) is 13.8. The third-order valence-electron chi connectivity index (χ3n) is 4.83. The molecule has 29 heavy (non-hydrogen) atoms. The van der Waals surface area contributed by atoms with Crippen molar-refractivity contribution >= 4 is 43.5 Å². The highest BCUT2D eigenvalue weighted by molar-refractivity contribution is 7.99. The van der Waals surface area contributed by atoms with Gasteiger partial charge in [-0.3, -0.25) is 0 Å². The number of hydrogen-bond donors (Lipinski definition) is 0. The van der Waals surface area contributed by atoms with Crippen LogP contribution in [0.25, 0.3) is 20.4 Å². The van der Waals surface area contributed by atoms with E-state index >= 15 is 0 Å². The van der Waals surface area contributed by atoms with Crippen molar-refractivity contribution in [2.45, 2.75) is 45.1 Å². The molecule has 0 saturated heterocycles. The van der Waals surface area contributed by atoms with Gasteiger partial charge in [0, 0.05) is 16.8 Å². The van der Waals surface area contributed by atoms with Crippen LogP contribution in [0, 0.1) is 13.8 Å². The van der Waals surface area contributed by atoms with Crippen molar-refractivity contribution in [3.05, 3.63) is 53.5 Å². The van der Waals surface area contributed by atoms with E-state index in [1.807, 2.05) is 6.92 Å². The molecule has 4 nitrogen and oxygen atoms in total. The van der Waals surface area contributed by atoms with Crippen molar-refractivity contribution in [2.75, 3.05) is 12.4 Å². The summed E-state index contributed by atoms with van der Waals surface area (Å²) in [4.78, 5) is 14.8. The molecular weight excluding hydrogens is 398 g/mol. The fraction of sp³-hybridized carbons (Fsp3) is 0.348. The van der Waals surface area contributed by atoms with Crippen LogP contribution < -0.4 is 4.74 Å². The van der Waals surface area contributed by atoms with Crippen LogP contribution in [-0.4, -0.2) is 27.3 Å². The van der Waals surface area contributed by atoms with Crippen LogP contribution in [0.15, 0.2) is 41.7 Å². The average molecular weight is 424 g/mol. The predicted molar refractivity (Wildman–Crippen MR) is 124 cm³/mol. The summed E-state index contributed by atoms with van der Waals surface area (Å²) in [7, 11) is 0. The molecule has 0 aliphatic heterocycles. The van der Waals surface area contributed by atoms with Crippen molar-refractivity contribution in [3.63, 3.8) is 0 Å². The van der Waals surface area contributed by atoms with Gasteiger partial charge < -0.3 is 4.74 Å². The van der Waals surface area contributed by atoms with Crippen LogP contribution in [0.1, 0.15) is 37.6 Å². The molecular formula is C23H25N3OS2. The number of ether oxygens (including phenoxy) is 1. The molecule has 0 atom stereocenters. The zero-order valence-electron chi connectivity index (χ0n) is 17.4. The number of hydrogen-bond acceptors (Lipinski definition) is 6. The lowest BCUT2D eigenvalue weighted by atomic mass is 9.87. The highest BCUT2D eigenvalue weighted by Gasteiger charge is 2.15. The normalized spacial score (nSPS) is 12.0. The maximum Gasteiger partial charge on any atom is 0.126 e. The zero-order valence-corrected chi connectivity index (χ0v) is 19.1. The first kappa shape index (κ1) is 20.1. The summed E-state index contributed by atoms with van der Waals surface area (Å²) in [6, 6.07) is 10.5. The second kappa shape index (κ2) is 7.92. The lowest BCUT2D eigenvalue weighted by molar-refractivity contribution is 0.343. The molecule has 0 aliphatic carbocycles. The Balaban J connectivity index is 1.46. The van der Waals surface area contributed by atoms with Gasteiger partial charge in [0.05, 0.1) is 16.8 Å². The second-order valence-corrected chi connectivity index (χ2v) is 10.3. The van der Waals surface area contributed by atoms with E-state index in [0.717, 1.165) is 42.7 Å². The van der Waals surface area contributed by atoms with Crippen LogP contribution in [0.4, 0.5) is 0 Å². The smallest absolute Gasteiger partial charge is 0.126 e. The van der Waals surface area contributed by atoms with Gasteiger partial charge in [0.25, 0.3) is 0 Å². The molecule has 150 valence electrons. The highest BCUT2D eigenvalue weighted by atomic mass is 32.2. The van der Waals surface area contributed by atoms with Crippen LogP contribution in [-0.2, 0) is 5.41 Å². The van der Waals surface area contributed by atoms with E-state index in [2.05, 4.69) is 68.0 Å². The van der Waals surface area contributed by atoms with E-state index in [1.54, 1.807) is 29.4 Å². The number of pyridine rings is 1. The number of nitrogens with zero attached hydrogens (tertiary/aromatic N) is 3. The van der Waals surface area contributed by atoms with Gasteiger partial charge in [-0.2, -0.15) is 0 Å². The molecule has 0 N–H and O–H groups in total. The molecule has 0 unspecified atom stereocenters. The quantitative estimate of drug-likeness (QED) is 0.213. The van der Waals surface area contributed by atoms with E-state index in [-0.39, 0.29) is 5.41 Å². The van der Waals surface area contributed by atoms with E-state index in [0.29, 0.717) is 6.61 Å². The van der Waals surface area contributed by atoms with Crippen molar-refractivity contribution in [3.8, 4) is 5.75 Å². The van der Waals surface area contributed by atoms with Crippen molar-refractivity contribution in [1.82, 2.24) is 15.0 Å². The van der Waals surface area contributed by atoms with Crippen LogP contribution in [0.2, 0.25) is 0 Å². The molecule has 0 fully saturated rings. The van der Waals surface area contributed by atoms with E-state index in [1.165, 1.54) is 11.1 Å². The van der Waals surface area contributed by atoms with Gasteiger partial charge in [-0.15, -0.1) is 23.1 Å². The number of thioether (sulfide) groups is 1. The minimum Gasteiger partial charge on any atom is -0.493 e. The maximum atomic E-state index is 5.93. The Hall–Kier alpha value is -2.18. The van der Waals surface area contributed by atoms with E-state index in [4.69, 9.17) is 9.72 Å². The van der Waals surface area contributed by atoms with Gasteiger partial charge in [0.1, 0.15) is 21.9 Å². The topological polar surface area (TPSA) is 47.9 Å². The third kappa shape index (κ3) is 4.23. The fourth-order valence-corrected chi connectivity index (χ4v) is 5.49. The van der Waals surface area contributed by atoms with E-state index in [9.17, 15) is 0 Å². The standard InChI is InChI=1S/C23H25N3OS2/c1-14-12-15(2)26-21-18(14)19-20(29-21)22(25-13-24-19)28-11-10-27-17-8-6-16(7-9-17)23(3,4)5/h6-9,12-13H,10-11H2,1-5H3. The number of fused-ring (bicyclic) bond motifs is 3. The van der Waals surface area contributed by atoms with Crippen LogP contribution in [0.5, 0.6) is 5.75 Å². The average Bonchev–Trinajstić information content (AvgIpc) is 3.04. The molecule has 1 aromatic carbocycles. The Morgan fingerprint density at radius 2 is 1.83 bits per heavy atom. The monoisotopic (exact) mass is 423 g/mol. The lowest BCUT2D eigenvalue weighted by Gasteiger charge is -2.19. The van der Waals surface area contributed by atoms with Gasteiger partial charge in [-0.1, -0.05) is 32.9 Å². The lowest BCUT2D eigenvalue weighted by Crippen LogP contribution is -2.10. The summed E-state index contributed by atoms with van der Waals surface area (Å²) >= 11 is 3.39. The Labute approximate surface area is 179 Å². The summed E-state index contributed by atoms with van der Waals surface area (Å²) in [6.07, 6.45) is 1.65. The SMILES string of the molecule is Cc1cc(C)c2c(n1)sc1c(SCCOc3ccc(C(C)(C)C)cc3)ncnc12. The zero-order chi connectivity index (χ0) is 20.6. The Morgan fingerprint density at radius 3 is 2.55 bits per heavy atom. The molecule has 4 rings (SSSR count). The number of benzene rings is 1. The minimum atomic E-state index is 0.156. The Morgan fingerprint density at radius 1 is 1.07 bits per heavy atom. The molecule has 0 amide bonds. The van der Waals surface area contributed by atoms with Gasteiger partial charge in [0.15, 0.2) is 0 Å². The molecule has 0 saturated carbocycles. The molecule has 0 spiro atoms. The van der Waals surface area contributed by atoms with Crippen molar-refractivity contribution < 1.29 is 4.74 Å². The van der Waals surface area contributed by atoms with E-state index < -0.39 is 0 Å². The fourth-order valence-electron chi connectivity index (χ4n) is 3.34. The number of aryl methyl sites for hydroxylation is 2. The Kier molecular flexibility index (Phi) is 5.49.